The standard InChI is InChI=1S/C23H19N5O/c1-14-24-22(28-27-14)15-7-6-8-16(13-15)25-23(29)26-21-19-11-4-2-9-17(19)18-10-3-5-12-20(18)21/h2-13,21H,1H3,(H,24,27,28)(H2,25,26,29). The third-order valence-corrected chi connectivity index (χ3v) is 5.10. The smallest absolute Gasteiger partial charge is 0.319 e. The molecular formula is C23H19N5O. The van der Waals surface area contributed by atoms with Crippen LogP contribution in [0.4, 0.5) is 10.5 Å². The summed E-state index contributed by atoms with van der Waals surface area (Å²) in [5.41, 5.74) is 6.09. The van der Waals surface area contributed by atoms with Gasteiger partial charge in [-0.25, -0.2) is 4.79 Å². The molecule has 0 atom stereocenters. The van der Waals surface area contributed by atoms with Gasteiger partial charge in [-0.3, -0.25) is 0 Å². The Balaban J connectivity index is 1.38. The predicted octanol–water partition coefficient (Wildman–Crippen LogP) is 4.67. The molecule has 0 spiro atoms. The second kappa shape index (κ2) is 6.91. The number of carbonyl (C=O) groups is 1. The third kappa shape index (κ3) is 3.14. The molecule has 6 heteroatoms. The largest absolute Gasteiger partial charge is 0.327 e. The van der Waals surface area contributed by atoms with Gasteiger partial charge in [0, 0.05) is 11.3 Å². The molecule has 1 aliphatic carbocycles. The van der Waals surface area contributed by atoms with Crippen LogP contribution >= 0.6 is 0 Å². The first-order valence-corrected chi connectivity index (χ1v) is 9.44. The number of aromatic nitrogens is 3. The van der Waals surface area contributed by atoms with Crippen molar-refractivity contribution in [3.05, 3.63) is 89.7 Å². The van der Waals surface area contributed by atoms with E-state index < -0.39 is 0 Å². The molecule has 4 aromatic rings. The van der Waals surface area contributed by atoms with Crippen LogP contribution in [-0.2, 0) is 0 Å². The lowest BCUT2D eigenvalue weighted by atomic mass is 10.1. The highest BCUT2D eigenvalue weighted by Crippen LogP contribution is 2.43. The number of nitrogens with zero attached hydrogens (tertiary/aromatic N) is 2. The second-order valence-electron chi connectivity index (χ2n) is 7.05. The van der Waals surface area contributed by atoms with Crippen LogP contribution in [0.3, 0.4) is 0 Å². The van der Waals surface area contributed by atoms with Crippen LogP contribution < -0.4 is 10.6 Å². The Hall–Kier alpha value is -3.93. The quantitative estimate of drug-likeness (QED) is 0.482. The van der Waals surface area contributed by atoms with Crippen LogP contribution in [0.5, 0.6) is 0 Å². The number of hydrogen-bond acceptors (Lipinski definition) is 3. The number of urea groups is 1. The number of H-pyrrole nitrogens is 1. The molecule has 1 aromatic heterocycles. The van der Waals surface area contributed by atoms with Gasteiger partial charge in [0.15, 0.2) is 5.82 Å². The minimum Gasteiger partial charge on any atom is -0.327 e. The minimum atomic E-state index is -0.257. The molecule has 1 aliphatic rings. The molecule has 3 N–H and O–H groups in total. The van der Waals surface area contributed by atoms with Crippen LogP contribution in [0, 0.1) is 6.92 Å². The van der Waals surface area contributed by atoms with E-state index in [1.165, 1.54) is 0 Å². The lowest BCUT2D eigenvalue weighted by Crippen LogP contribution is -2.32. The first-order valence-electron chi connectivity index (χ1n) is 9.44. The van der Waals surface area contributed by atoms with Gasteiger partial charge in [0.1, 0.15) is 5.82 Å². The number of aromatic amines is 1. The Morgan fingerprint density at radius 3 is 2.24 bits per heavy atom. The Kier molecular flexibility index (Phi) is 4.09. The van der Waals surface area contributed by atoms with Crippen molar-refractivity contribution in [3.63, 3.8) is 0 Å². The monoisotopic (exact) mass is 381 g/mol. The molecule has 2 amide bonds. The minimum absolute atomic E-state index is 0.178. The third-order valence-electron chi connectivity index (χ3n) is 5.10. The van der Waals surface area contributed by atoms with E-state index in [0.29, 0.717) is 11.5 Å². The maximum Gasteiger partial charge on any atom is 0.319 e. The highest BCUT2D eigenvalue weighted by atomic mass is 16.2. The molecule has 0 aliphatic heterocycles. The van der Waals surface area contributed by atoms with E-state index in [0.717, 1.165) is 33.6 Å². The zero-order chi connectivity index (χ0) is 19.8. The summed E-state index contributed by atoms with van der Waals surface area (Å²) in [5, 5.41) is 14.1. The van der Waals surface area contributed by atoms with Crippen LogP contribution in [0.25, 0.3) is 22.5 Å². The van der Waals surface area contributed by atoms with Crippen molar-refractivity contribution in [2.75, 3.05) is 5.32 Å². The molecule has 3 aromatic carbocycles. The number of amides is 2. The number of hydrogen-bond donors (Lipinski definition) is 3. The summed E-state index contributed by atoms with van der Waals surface area (Å²) in [5.74, 6) is 1.42. The number of fused-ring (bicyclic) bond motifs is 3. The molecule has 0 bridgehead atoms. The fourth-order valence-electron chi connectivity index (χ4n) is 3.83. The lowest BCUT2D eigenvalue weighted by molar-refractivity contribution is 0.250. The summed E-state index contributed by atoms with van der Waals surface area (Å²) in [7, 11) is 0. The molecule has 0 saturated heterocycles. The van der Waals surface area contributed by atoms with Gasteiger partial charge < -0.3 is 15.6 Å². The fourth-order valence-corrected chi connectivity index (χ4v) is 3.83. The normalized spacial score (nSPS) is 12.3. The Morgan fingerprint density at radius 2 is 1.59 bits per heavy atom. The summed E-state index contributed by atoms with van der Waals surface area (Å²) in [4.78, 5) is 15.9. The Bertz CT molecular complexity index is 1170. The van der Waals surface area contributed by atoms with Gasteiger partial charge in [0.25, 0.3) is 0 Å². The van der Waals surface area contributed by atoms with Crippen molar-refractivity contribution < 1.29 is 4.79 Å². The zero-order valence-electron chi connectivity index (χ0n) is 15.8. The van der Waals surface area contributed by atoms with Crippen LogP contribution in [0.1, 0.15) is 23.0 Å². The van der Waals surface area contributed by atoms with Crippen LogP contribution in [0.15, 0.2) is 72.8 Å². The topological polar surface area (TPSA) is 82.7 Å². The van der Waals surface area contributed by atoms with E-state index in [2.05, 4.69) is 50.1 Å². The average Bonchev–Trinajstić information content (AvgIpc) is 3.31. The first-order chi connectivity index (χ1) is 14.2. The van der Waals surface area contributed by atoms with Gasteiger partial charge in [0.05, 0.1) is 6.04 Å². The van der Waals surface area contributed by atoms with E-state index in [9.17, 15) is 4.79 Å². The van der Waals surface area contributed by atoms with Gasteiger partial charge in [-0.15, -0.1) is 10.2 Å². The average molecular weight is 381 g/mol. The molecule has 0 saturated carbocycles. The van der Waals surface area contributed by atoms with Gasteiger partial charge in [0.2, 0.25) is 0 Å². The Labute approximate surface area is 168 Å². The molecule has 0 fully saturated rings. The number of benzene rings is 3. The van der Waals surface area contributed by atoms with E-state index in [4.69, 9.17) is 0 Å². The summed E-state index contributed by atoms with van der Waals surface area (Å²) < 4.78 is 0. The number of carbonyl (C=O) groups excluding carboxylic acids is 1. The van der Waals surface area contributed by atoms with E-state index in [1.807, 2.05) is 55.5 Å². The van der Waals surface area contributed by atoms with Gasteiger partial charge in [-0.05, 0) is 41.3 Å². The first kappa shape index (κ1) is 17.2. The highest BCUT2D eigenvalue weighted by molar-refractivity contribution is 5.92. The number of rotatable bonds is 3. The summed E-state index contributed by atoms with van der Waals surface area (Å²) in [6.45, 7) is 1.85. The van der Waals surface area contributed by atoms with E-state index >= 15 is 0 Å². The van der Waals surface area contributed by atoms with E-state index in [1.54, 1.807) is 0 Å². The number of aryl methyl sites for hydroxylation is 1. The van der Waals surface area contributed by atoms with Crippen LogP contribution in [0.2, 0.25) is 0 Å². The SMILES string of the molecule is Cc1nnc(-c2cccc(NC(=O)NC3c4ccccc4-c4ccccc43)c2)[nH]1. The summed E-state index contributed by atoms with van der Waals surface area (Å²) in [6.07, 6.45) is 0. The molecule has 5 rings (SSSR count). The van der Waals surface area contributed by atoms with Crippen molar-refractivity contribution in [1.29, 1.82) is 0 Å². The van der Waals surface area contributed by atoms with E-state index in [-0.39, 0.29) is 12.1 Å². The maximum atomic E-state index is 12.8. The fraction of sp³-hybridized carbons (Fsp3) is 0.0870. The number of nitrogens with one attached hydrogen (secondary N) is 3. The van der Waals surface area contributed by atoms with Crippen molar-refractivity contribution in [2.45, 2.75) is 13.0 Å². The summed E-state index contributed by atoms with van der Waals surface area (Å²) >= 11 is 0. The molecular weight excluding hydrogens is 362 g/mol. The highest BCUT2D eigenvalue weighted by Gasteiger charge is 2.29. The molecule has 6 nitrogen and oxygen atoms in total. The van der Waals surface area contributed by atoms with Crippen molar-refractivity contribution in [3.8, 4) is 22.5 Å². The predicted molar refractivity (Wildman–Crippen MR) is 112 cm³/mol. The molecule has 142 valence electrons. The maximum absolute atomic E-state index is 12.8. The zero-order valence-corrected chi connectivity index (χ0v) is 15.8. The molecule has 1 heterocycles. The van der Waals surface area contributed by atoms with Crippen molar-refractivity contribution in [1.82, 2.24) is 20.5 Å². The van der Waals surface area contributed by atoms with Gasteiger partial charge >= 0.3 is 6.03 Å². The molecule has 29 heavy (non-hydrogen) atoms. The Morgan fingerprint density at radius 1 is 0.897 bits per heavy atom. The van der Waals surface area contributed by atoms with Gasteiger partial charge in [-0.2, -0.15) is 0 Å². The second-order valence-corrected chi connectivity index (χ2v) is 7.05. The van der Waals surface area contributed by atoms with Crippen molar-refractivity contribution in [2.24, 2.45) is 0 Å². The molecule has 0 unspecified atom stereocenters. The van der Waals surface area contributed by atoms with Crippen LogP contribution in [-0.4, -0.2) is 21.2 Å². The summed E-state index contributed by atoms with van der Waals surface area (Å²) in [6, 6.07) is 23.4. The molecule has 0 radical (unpaired) electrons. The number of anilines is 1. The van der Waals surface area contributed by atoms with Crippen molar-refractivity contribution >= 4 is 11.7 Å². The van der Waals surface area contributed by atoms with Gasteiger partial charge in [-0.1, -0.05) is 60.7 Å². The lowest BCUT2D eigenvalue weighted by Gasteiger charge is -2.16.